The second kappa shape index (κ2) is 5.00. The van der Waals surface area contributed by atoms with E-state index in [9.17, 15) is 0 Å². The van der Waals surface area contributed by atoms with E-state index in [1.54, 1.807) is 0 Å². The van der Waals surface area contributed by atoms with Gasteiger partial charge in [0, 0.05) is 18.9 Å². The topological polar surface area (TPSA) is 29.9 Å². The van der Waals surface area contributed by atoms with Gasteiger partial charge < -0.3 is 9.88 Å². The highest BCUT2D eigenvalue weighted by Gasteiger charge is 2.30. The highest BCUT2D eigenvalue weighted by molar-refractivity contribution is 5.02. The Hall–Kier alpha value is -0.830. The van der Waals surface area contributed by atoms with Crippen LogP contribution in [0, 0.1) is 11.8 Å². The number of imidazole rings is 1. The Morgan fingerprint density at radius 1 is 1.56 bits per heavy atom. The van der Waals surface area contributed by atoms with Crippen molar-refractivity contribution in [2.45, 2.75) is 45.7 Å². The molecule has 1 fully saturated rings. The summed E-state index contributed by atoms with van der Waals surface area (Å²) in [5, 5.41) is 3.46. The normalized spacial score (nSPS) is 27.2. The smallest absolute Gasteiger partial charge is 0.126 e. The molecule has 0 saturated heterocycles. The van der Waals surface area contributed by atoms with Crippen molar-refractivity contribution in [1.82, 2.24) is 14.9 Å². The molecule has 0 bridgehead atoms. The lowest BCUT2D eigenvalue weighted by molar-refractivity contribution is 0.355. The summed E-state index contributed by atoms with van der Waals surface area (Å²) >= 11 is 0. The van der Waals surface area contributed by atoms with Gasteiger partial charge in [-0.15, -0.1) is 0 Å². The molecule has 1 aliphatic rings. The van der Waals surface area contributed by atoms with Gasteiger partial charge in [-0.05, 0) is 38.6 Å². The second-order valence-electron chi connectivity index (χ2n) is 5.02. The lowest BCUT2D eigenvalue weighted by Gasteiger charge is -2.23. The van der Waals surface area contributed by atoms with Crippen LogP contribution in [-0.4, -0.2) is 16.6 Å². The molecule has 3 heteroatoms. The Morgan fingerprint density at radius 3 is 2.94 bits per heavy atom. The highest BCUT2D eigenvalue weighted by atomic mass is 15.1. The Balaban J connectivity index is 2.16. The third-order valence-electron chi connectivity index (χ3n) is 3.88. The third-order valence-corrected chi connectivity index (χ3v) is 3.88. The fourth-order valence-corrected chi connectivity index (χ4v) is 3.00. The van der Waals surface area contributed by atoms with Crippen LogP contribution in [-0.2, 0) is 6.54 Å². The number of nitrogens with zero attached hydrogens (tertiary/aromatic N) is 2. The fourth-order valence-electron chi connectivity index (χ4n) is 3.00. The molecule has 1 aliphatic carbocycles. The molecule has 16 heavy (non-hydrogen) atoms. The van der Waals surface area contributed by atoms with Crippen LogP contribution in [0.25, 0.3) is 0 Å². The molecule has 2 rings (SSSR count). The number of rotatable bonds is 4. The standard InChI is InChI=1S/C13H23N3/c1-4-16-8-7-15-13(16)12(14-3)11-6-5-10(2)9-11/h7-8,10-12,14H,4-6,9H2,1-3H3. The Morgan fingerprint density at radius 2 is 2.38 bits per heavy atom. The molecule has 1 heterocycles. The first-order chi connectivity index (χ1) is 7.76. The Labute approximate surface area is 98.3 Å². The van der Waals surface area contributed by atoms with Gasteiger partial charge in [0.05, 0.1) is 6.04 Å². The first kappa shape index (κ1) is 11.6. The van der Waals surface area contributed by atoms with Gasteiger partial charge in [-0.1, -0.05) is 13.3 Å². The molecule has 1 aromatic rings. The molecule has 0 aromatic carbocycles. The summed E-state index contributed by atoms with van der Waals surface area (Å²) in [6.07, 6.45) is 8.04. The molecule has 0 aliphatic heterocycles. The zero-order chi connectivity index (χ0) is 11.5. The van der Waals surface area contributed by atoms with Crippen molar-refractivity contribution in [2.24, 2.45) is 11.8 Å². The zero-order valence-electron chi connectivity index (χ0n) is 10.6. The van der Waals surface area contributed by atoms with Crippen molar-refractivity contribution in [3.05, 3.63) is 18.2 Å². The van der Waals surface area contributed by atoms with Crippen molar-refractivity contribution in [3.8, 4) is 0 Å². The molecule has 90 valence electrons. The maximum absolute atomic E-state index is 4.53. The fraction of sp³-hybridized carbons (Fsp3) is 0.769. The highest BCUT2D eigenvalue weighted by Crippen LogP contribution is 2.38. The minimum Gasteiger partial charge on any atom is -0.334 e. The van der Waals surface area contributed by atoms with Crippen LogP contribution in [0.2, 0.25) is 0 Å². The monoisotopic (exact) mass is 221 g/mol. The maximum atomic E-state index is 4.53. The SMILES string of the molecule is CCn1ccnc1C(NC)C1CCC(C)C1. The number of hydrogen-bond donors (Lipinski definition) is 1. The summed E-state index contributed by atoms with van der Waals surface area (Å²) < 4.78 is 2.25. The predicted molar refractivity (Wildman–Crippen MR) is 66.2 cm³/mol. The molecule has 0 spiro atoms. The van der Waals surface area contributed by atoms with Crippen LogP contribution in [0.3, 0.4) is 0 Å². The van der Waals surface area contributed by atoms with Gasteiger partial charge in [0.2, 0.25) is 0 Å². The number of aromatic nitrogens is 2. The van der Waals surface area contributed by atoms with Gasteiger partial charge in [-0.3, -0.25) is 0 Å². The summed E-state index contributed by atoms with van der Waals surface area (Å²) in [5.41, 5.74) is 0. The molecular formula is C13H23N3. The van der Waals surface area contributed by atoms with Crippen molar-refractivity contribution < 1.29 is 0 Å². The molecular weight excluding hydrogens is 198 g/mol. The summed E-state index contributed by atoms with van der Waals surface area (Å²) in [6, 6.07) is 0.430. The Bertz CT molecular complexity index is 332. The first-order valence-corrected chi connectivity index (χ1v) is 6.44. The molecule has 0 amide bonds. The van der Waals surface area contributed by atoms with E-state index in [2.05, 4.69) is 42.0 Å². The van der Waals surface area contributed by atoms with Crippen LogP contribution in [0.1, 0.15) is 45.0 Å². The summed E-state index contributed by atoms with van der Waals surface area (Å²) in [5.74, 6) is 2.85. The van der Waals surface area contributed by atoms with Crippen molar-refractivity contribution in [1.29, 1.82) is 0 Å². The van der Waals surface area contributed by atoms with Crippen molar-refractivity contribution >= 4 is 0 Å². The molecule has 1 saturated carbocycles. The van der Waals surface area contributed by atoms with Gasteiger partial charge in [0.1, 0.15) is 5.82 Å². The minimum absolute atomic E-state index is 0.430. The molecule has 1 N–H and O–H groups in total. The molecule has 3 unspecified atom stereocenters. The number of nitrogens with one attached hydrogen (secondary N) is 1. The van der Waals surface area contributed by atoms with Gasteiger partial charge in [0.15, 0.2) is 0 Å². The van der Waals surface area contributed by atoms with Crippen molar-refractivity contribution in [3.63, 3.8) is 0 Å². The van der Waals surface area contributed by atoms with Gasteiger partial charge in [-0.2, -0.15) is 0 Å². The van der Waals surface area contributed by atoms with E-state index in [-0.39, 0.29) is 0 Å². The first-order valence-electron chi connectivity index (χ1n) is 6.44. The molecule has 3 nitrogen and oxygen atoms in total. The van der Waals surface area contributed by atoms with Crippen LogP contribution in [0.4, 0.5) is 0 Å². The summed E-state index contributed by atoms with van der Waals surface area (Å²) in [7, 11) is 2.06. The van der Waals surface area contributed by atoms with Crippen LogP contribution in [0.15, 0.2) is 12.4 Å². The van der Waals surface area contributed by atoms with E-state index < -0.39 is 0 Å². The van der Waals surface area contributed by atoms with Gasteiger partial charge >= 0.3 is 0 Å². The van der Waals surface area contributed by atoms with Gasteiger partial charge in [0.25, 0.3) is 0 Å². The second-order valence-corrected chi connectivity index (χ2v) is 5.02. The largest absolute Gasteiger partial charge is 0.334 e. The minimum atomic E-state index is 0.430. The number of aryl methyl sites for hydroxylation is 1. The van der Waals surface area contributed by atoms with E-state index in [0.717, 1.165) is 18.4 Å². The van der Waals surface area contributed by atoms with Crippen LogP contribution >= 0.6 is 0 Å². The van der Waals surface area contributed by atoms with E-state index in [1.807, 2.05) is 6.20 Å². The molecule has 1 aromatic heterocycles. The Kier molecular flexibility index (Phi) is 3.64. The van der Waals surface area contributed by atoms with Crippen LogP contribution in [0.5, 0.6) is 0 Å². The van der Waals surface area contributed by atoms with Gasteiger partial charge in [-0.25, -0.2) is 4.98 Å². The molecule has 0 radical (unpaired) electrons. The summed E-state index contributed by atoms with van der Waals surface area (Å²) in [6.45, 7) is 5.55. The molecule has 3 atom stereocenters. The third kappa shape index (κ3) is 2.14. The lowest BCUT2D eigenvalue weighted by Crippen LogP contribution is -2.27. The van der Waals surface area contributed by atoms with E-state index in [4.69, 9.17) is 0 Å². The predicted octanol–water partition coefficient (Wildman–Crippen LogP) is 2.60. The van der Waals surface area contributed by atoms with Crippen LogP contribution < -0.4 is 5.32 Å². The zero-order valence-corrected chi connectivity index (χ0v) is 10.6. The van der Waals surface area contributed by atoms with Crippen molar-refractivity contribution in [2.75, 3.05) is 7.05 Å². The maximum Gasteiger partial charge on any atom is 0.126 e. The van der Waals surface area contributed by atoms with E-state index in [1.165, 1.54) is 25.1 Å². The van der Waals surface area contributed by atoms with E-state index in [0.29, 0.717) is 6.04 Å². The van der Waals surface area contributed by atoms with E-state index >= 15 is 0 Å². The number of hydrogen-bond acceptors (Lipinski definition) is 2. The quantitative estimate of drug-likeness (QED) is 0.847. The average Bonchev–Trinajstić information content (AvgIpc) is 2.89. The lowest BCUT2D eigenvalue weighted by atomic mass is 9.96. The average molecular weight is 221 g/mol. The summed E-state index contributed by atoms with van der Waals surface area (Å²) in [4.78, 5) is 4.53.